The van der Waals surface area contributed by atoms with Crippen LogP contribution in [0, 0.1) is 6.92 Å². The highest BCUT2D eigenvalue weighted by molar-refractivity contribution is 7.90. The van der Waals surface area contributed by atoms with Gasteiger partial charge < -0.3 is 4.74 Å². The molecule has 0 spiro atoms. The summed E-state index contributed by atoms with van der Waals surface area (Å²) in [4.78, 5) is 4.17. The molecule has 0 fully saturated rings. The molecule has 0 radical (unpaired) electrons. The standard InChI is InChI=1S/C22H17F3N2O3S/c1-14-12-16(30-15-6-9-17(10-7-15)31(2,28)29)8-11-19(14)27-13-26-21-18(22(23,24)25)4-3-5-20(21)27/h3-13H,1-2H3. The Morgan fingerprint density at radius 2 is 1.65 bits per heavy atom. The maximum Gasteiger partial charge on any atom is 0.418 e. The van der Waals surface area contributed by atoms with Gasteiger partial charge in [0.25, 0.3) is 0 Å². The Kier molecular flexibility index (Phi) is 5.01. The average molecular weight is 446 g/mol. The molecule has 9 heteroatoms. The molecule has 160 valence electrons. The van der Waals surface area contributed by atoms with Gasteiger partial charge in [0.15, 0.2) is 9.84 Å². The number of para-hydroxylation sites is 1. The van der Waals surface area contributed by atoms with Crippen molar-refractivity contribution in [2.45, 2.75) is 18.0 Å². The fourth-order valence-electron chi connectivity index (χ4n) is 3.31. The summed E-state index contributed by atoms with van der Waals surface area (Å²) in [6.45, 7) is 1.81. The van der Waals surface area contributed by atoms with Crippen molar-refractivity contribution < 1.29 is 26.3 Å². The topological polar surface area (TPSA) is 61.2 Å². The van der Waals surface area contributed by atoms with Gasteiger partial charge in [-0.1, -0.05) is 6.07 Å². The van der Waals surface area contributed by atoms with E-state index in [0.717, 1.165) is 17.9 Å². The number of hydrogen-bond acceptors (Lipinski definition) is 4. The van der Waals surface area contributed by atoms with E-state index in [-0.39, 0.29) is 10.4 Å². The van der Waals surface area contributed by atoms with Crippen LogP contribution in [0.15, 0.2) is 71.9 Å². The number of rotatable bonds is 4. The van der Waals surface area contributed by atoms with Crippen molar-refractivity contribution in [1.29, 1.82) is 0 Å². The van der Waals surface area contributed by atoms with Gasteiger partial charge in [0.1, 0.15) is 23.3 Å². The molecule has 31 heavy (non-hydrogen) atoms. The number of halogens is 3. The van der Waals surface area contributed by atoms with E-state index in [1.165, 1.54) is 24.5 Å². The lowest BCUT2D eigenvalue weighted by molar-refractivity contribution is -0.136. The Morgan fingerprint density at radius 1 is 0.968 bits per heavy atom. The number of aromatic nitrogens is 2. The summed E-state index contributed by atoms with van der Waals surface area (Å²) in [5, 5.41) is 0. The largest absolute Gasteiger partial charge is 0.457 e. The molecule has 1 aromatic heterocycles. The van der Waals surface area contributed by atoms with Crippen LogP contribution in [0.1, 0.15) is 11.1 Å². The molecule has 0 unspecified atom stereocenters. The molecule has 0 saturated heterocycles. The van der Waals surface area contributed by atoms with Crippen molar-refractivity contribution in [3.63, 3.8) is 0 Å². The smallest absolute Gasteiger partial charge is 0.418 e. The van der Waals surface area contributed by atoms with Gasteiger partial charge in [-0.2, -0.15) is 13.2 Å². The highest BCUT2D eigenvalue weighted by Gasteiger charge is 2.33. The molecule has 3 aromatic carbocycles. The van der Waals surface area contributed by atoms with E-state index in [9.17, 15) is 21.6 Å². The molecule has 0 atom stereocenters. The summed E-state index contributed by atoms with van der Waals surface area (Å²) in [6, 6.07) is 15.2. The van der Waals surface area contributed by atoms with E-state index in [1.807, 2.05) is 6.92 Å². The first-order valence-corrected chi connectivity index (χ1v) is 11.1. The monoisotopic (exact) mass is 446 g/mol. The van der Waals surface area contributed by atoms with E-state index >= 15 is 0 Å². The lowest BCUT2D eigenvalue weighted by Crippen LogP contribution is -2.05. The fraction of sp³-hybridized carbons (Fsp3) is 0.136. The molecule has 1 heterocycles. The van der Waals surface area contributed by atoms with Gasteiger partial charge in [0.2, 0.25) is 0 Å². The lowest BCUT2D eigenvalue weighted by atomic mass is 10.1. The summed E-state index contributed by atoms with van der Waals surface area (Å²) in [5.41, 5.74) is 0.895. The van der Waals surface area contributed by atoms with E-state index in [4.69, 9.17) is 4.74 Å². The zero-order chi connectivity index (χ0) is 22.4. The third kappa shape index (κ3) is 4.13. The number of hydrogen-bond donors (Lipinski definition) is 0. The summed E-state index contributed by atoms with van der Waals surface area (Å²) in [7, 11) is -3.29. The minimum Gasteiger partial charge on any atom is -0.457 e. The number of sulfone groups is 1. The first-order chi connectivity index (χ1) is 14.5. The number of benzene rings is 3. The fourth-order valence-corrected chi connectivity index (χ4v) is 3.94. The highest BCUT2D eigenvalue weighted by Crippen LogP contribution is 2.35. The minimum atomic E-state index is -4.49. The van der Waals surface area contributed by atoms with Crippen LogP contribution in [0.2, 0.25) is 0 Å². The van der Waals surface area contributed by atoms with E-state index in [1.54, 1.807) is 41.0 Å². The Labute approximate surface area is 176 Å². The molecule has 0 aliphatic heterocycles. The van der Waals surface area contributed by atoms with Crippen LogP contribution < -0.4 is 4.74 Å². The quantitative estimate of drug-likeness (QED) is 0.413. The van der Waals surface area contributed by atoms with Crippen molar-refractivity contribution in [3.8, 4) is 17.2 Å². The maximum atomic E-state index is 13.3. The van der Waals surface area contributed by atoms with Crippen LogP contribution in [-0.4, -0.2) is 24.2 Å². The molecule has 4 aromatic rings. The van der Waals surface area contributed by atoms with E-state index in [0.29, 0.717) is 22.7 Å². The Balaban J connectivity index is 1.66. The van der Waals surface area contributed by atoms with Crippen LogP contribution in [0.3, 0.4) is 0 Å². The van der Waals surface area contributed by atoms with Gasteiger partial charge >= 0.3 is 6.18 Å². The van der Waals surface area contributed by atoms with Crippen LogP contribution in [0.4, 0.5) is 13.2 Å². The third-order valence-electron chi connectivity index (χ3n) is 4.80. The average Bonchev–Trinajstić information content (AvgIpc) is 3.11. The molecular weight excluding hydrogens is 429 g/mol. The van der Waals surface area contributed by atoms with Crippen molar-refractivity contribution in [2.75, 3.05) is 6.26 Å². The van der Waals surface area contributed by atoms with Gasteiger partial charge in [-0.05, 0) is 67.1 Å². The predicted molar refractivity (Wildman–Crippen MR) is 110 cm³/mol. The molecule has 0 aliphatic carbocycles. The minimum absolute atomic E-state index is 0.110. The first kappa shape index (κ1) is 20.9. The van der Waals surface area contributed by atoms with Crippen molar-refractivity contribution in [1.82, 2.24) is 9.55 Å². The van der Waals surface area contributed by atoms with Gasteiger partial charge in [-0.25, -0.2) is 13.4 Å². The zero-order valence-corrected chi connectivity index (χ0v) is 17.3. The molecule has 0 saturated carbocycles. The van der Waals surface area contributed by atoms with E-state index in [2.05, 4.69) is 4.98 Å². The molecule has 0 aliphatic rings. The van der Waals surface area contributed by atoms with Crippen molar-refractivity contribution >= 4 is 20.9 Å². The number of imidazole rings is 1. The lowest BCUT2D eigenvalue weighted by Gasteiger charge is -2.12. The highest BCUT2D eigenvalue weighted by atomic mass is 32.2. The summed E-state index contributed by atoms with van der Waals surface area (Å²) in [6.07, 6.45) is -1.99. The van der Waals surface area contributed by atoms with Gasteiger partial charge in [0, 0.05) is 6.26 Å². The number of nitrogens with zero attached hydrogens (tertiary/aromatic N) is 2. The molecular formula is C22H17F3N2O3S. The molecule has 4 rings (SSSR count). The molecule has 0 N–H and O–H groups in total. The second-order valence-corrected chi connectivity index (χ2v) is 9.10. The summed E-state index contributed by atoms with van der Waals surface area (Å²) >= 11 is 0. The number of fused-ring (bicyclic) bond motifs is 1. The Bertz CT molecular complexity index is 1380. The summed E-state index contributed by atoms with van der Waals surface area (Å²) in [5.74, 6) is 0.969. The zero-order valence-electron chi connectivity index (χ0n) is 16.5. The Hall–Kier alpha value is -3.33. The third-order valence-corrected chi connectivity index (χ3v) is 5.93. The van der Waals surface area contributed by atoms with Crippen LogP contribution >= 0.6 is 0 Å². The second kappa shape index (κ2) is 7.42. The van der Waals surface area contributed by atoms with Crippen molar-refractivity contribution in [2.24, 2.45) is 0 Å². The van der Waals surface area contributed by atoms with E-state index < -0.39 is 21.6 Å². The number of aryl methyl sites for hydroxylation is 1. The van der Waals surface area contributed by atoms with Crippen LogP contribution in [-0.2, 0) is 16.0 Å². The van der Waals surface area contributed by atoms with Crippen LogP contribution in [0.25, 0.3) is 16.7 Å². The molecule has 0 bridgehead atoms. The van der Waals surface area contributed by atoms with Gasteiger partial charge in [-0.3, -0.25) is 4.57 Å². The SMILES string of the molecule is Cc1cc(Oc2ccc(S(C)(=O)=O)cc2)ccc1-n1cnc2c(C(F)(F)F)cccc21. The molecule has 5 nitrogen and oxygen atoms in total. The van der Waals surface area contributed by atoms with Crippen molar-refractivity contribution in [3.05, 3.63) is 78.1 Å². The van der Waals surface area contributed by atoms with Gasteiger partial charge in [0.05, 0.1) is 21.7 Å². The van der Waals surface area contributed by atoms with Gasteiger partial charge in [-0.15, -0.1) is 0 Å². The summed E-state index contributed by atoms with van der Waals surface area (Å²) < 4.78 is 70.3. The molecule has 0 amide bonds. The number of ether oxygens (including phenoxy) is 1. The number of alkyl halides is 3. The predicted octanol–water partition coefficient (Wildman–Crippen LogP) is 5.55. The second-order valence-electron chi connectivity index (χ2n) is 7.08. The normalized spacial score (nSPS) is 12.3. The first-order valence-electron chi connectivity index (χ1n) is 9.16. The van der Waals surface area contributed by atoms with Crippen LogP contribution in [0.5, 0.6) is 11.5 Å². The Morgan fingerprint density at radius 3 is 2.26 bits per heavy atom. The maximum absolute atomic E-state index is 13.3.